The van der Waals surface area contributed by atoms with Crippen LogP contribution in [0.5, 0.6) is 0 Å². The number of halogens is 2. The van der Waals surface area contributed by atoms with E-state index in [9.17, 15) is 0 Å². The Balaban J connectivity index is 2.46. The molecule has 2 nitrogen and oxygen atoms in total. The van der Waals surface area contributed by atoms with E-state index in [1.165, 1.54) is 0 Å². The molecule has 90 valence electrons. The van der Waals surface area contributed by atoms with Gasteiger partial charge in [-0.3, -0.25) is 0 Å². The number of hydrogen-bond donors (Lipinski definition) is 1. The molecule has 0 saturated heterocycles. The monoisotopic (exact) mass is 305 g/mol. The summed E-state index contributed by atoms with van der Waals surface area (Å²) in [4.78, 5) is 0. The maximum atomic E-state index is 6.12. The molecule has 2 N–H and O–H groups in total. The summed E-state index contributed by atoms with van der Waals surface area (Å²) >= 11 is 9.51. The zero-order valence-electron chi connectivity index (χ0n) is 9.38. The fourth-order valence-corrected chi connectivity index (χ4v) is 2.31. The van der Waals surface area contributed by atoms with Gasteiger partial charge in [0, 0.05) is 29.3 Å². The molecule has 0 spiro atoms. The maximum absolute atomic E-state index is 6.12. The first-order valence-electron chi connectivity index (χ1n) is 5.32. The molecule has 1 unspecified atom stereocenters. The predicted octanol–water partition coefficient (Wildman–Crippen LogP) is 3.40. The number of methoxy groups -OCH3 is 1. The van der Waals surface area contributed by atoms with Gasteiger partial charge < -0.3 is 10.5 Å². The Hall–Kier alpha value is -0.0900. The first kappa shape index (κ1) is 14.0. The molecule has 0 bridgehead atoms. The van der Waals surface area contributed by atoms with E-state index in [0.717, 1.165) is 40.9 Å². The van der Waals surface area contributed by atoms with Gasteiger partial charge in [0.15, 0.2) is 0 Å². The Bertz CT molecular complexity index is 333. The van der Waals surface area contributed by atoms with Gasteiger partial charge in [-0.25, -0.2) is 0 Å². The molecule has 0 radical (unpaired) electrons. The highest BCUT2D eigenvalue weighted by Gasteiger charge is 2.07. The van der Waals surface area contributed by atoms with Crippen molar-refractivity contribution in [2.24, 2.45) is 5.73 Å². The lowest BCUT2D eigenvalue weighted by Gasteiger charge is -2.12. The minimum absolute atomic E-state index is 0.147. The molecule has 1 atom stereocenters. The van der Waals surface area contributed by atoms with E-state index >= 15 is 0 Å². The van der Waals surface area contributed by atoms with Crippen LogP contribution in [-0.4, -0.2) is 19.8 Å². The molecular weight excluding hydrogens is 289 g/mol. The quantitative estimate of drug-likeness (QED) is 0.818. The summed E-state index contributed by atoms with van der Waals surface area (Å²) in [5.74, 6) is 0. The van der Waals surface area contributed by atoms with Crippen molar-refractivity contribution in [2.45, 2.75) is 25.3 Å². The summed E-state index contributed by atoms with van der Waals surface area (Å²) in [5.41, 5.74) is 7.13. The highest BCUT2D eigenvalue weighted by molar-refractivity contribution is 9.10. The smallest absolute Gasteiger partial charge is 0.0462 e. The Morgan fingerprint density at radius 1 is 1.50 bits per heavy atom. The van der Waals surface area contributed by atoms with E-state index in [1.807, 2.05) is 18.2 Å². The lowest BCUT2D eigenvalue weighted by atomic mass is 10.0. The van der Waals surface area contributed by atoms with E-state index in [-0.39, 0.29) is 6.04 Å². The Labute approximate surface area is 110 Å². The average Bonchev–Trinajstić information content (AvgIpc) is 2.23. The number of ether oxygens (including phenoxy) is 1. The summed E-state index contributed by atoms with van der Waals surface area (Å²) in [5, 5.41) is 0.775. The second kappa shape index (κ2) is 7.28. The van der Waals surface area contributed by atoms with Crippen LogP contribution < -0.4 is 5.73 Å². The van der Waals surface area contributed by atoms with Gasteiger partial charge in [0.1, 0.15) is 0 Å². The lowest BCUT2D eigenvalue weighted by Crippen LogP contribution is -2.23. The molecule has 1 aromatic carbocycles. The predicted molar refractivity (Wildman–Crippen MR) is 71.9 cm³/mol. The average molecular weight is 307 g/mol. The van der Waals surface area contributed by atoms with Gasteiger partial charge >= 0.3 is 0 Å². The van der Waals surface area contributed by atoms with Crippen molar-refractivity contribution in [2.75, 3.05) is 13.7 Å². The van der Waals surface area contributed by atoms with Gasteiger partial charge in [0.2, 0.25) is 0 Å². The summed E-state index contributed by atoms with van der Waals surface area (Å²) in [6, 6.07) is 6.05. The van der Waals surface area contributed by atoms with Gasteiger partial charge in [-0.2, -0.15) is 0 Å². The van der Waals surface area contributed by atoms with E-state index in [4.69, 9.17) is 22.1 Å². The molecule has 1 aromatic rings. The van der Waals surface area contributed by atoms with Crippen LogP contribution in [0.15, 0.2) is 22.7 Å². The van der Waals surface area contributed by atoms with Crippen LogP contribution in [0.2, 0.25) is 5.02 Å². The van der Waals surface area contributed by atoms with Crippen LogP contribution in [-0.2, 0) is 11.2 Å². The van der Waals surface area contributed by atoms with Crippen molar-refractivity contribution >= 4 is 27.5 Å². The van der Waals surface area contributed by atoms with Crippen molar-refractivity contribution in [3.63, 3.8) is 0 Å². The van der Waals surface area contributed by atoms with Crippen LogP contribution in [0.1, 0.15) is 18.4 Å². The fraction of sp³-hybridized carbons (Fsp3) is 0.500. The van der Waals surface area contributed by atoms with Crippen LogP contribution in [0, 0.1) is 0 Å². The van der Waals surface area contributed by atoms with E-state index < -0.39 is 0 Å². The van der Waals surface area contributed by atoms with Crippen LogP contribution >= 0.6 is 27.5 Å². The van der Waals surface area contributed by atoms with Gasteiger partial charge in [-0.1, -0.05) is 33.6 Å². The first-order chi connectivity index (χ1) is 7.63. The van der Waals surface area contributed by atoms with Crippen LogP contribution in [0.25, 0.3) is 0 Å². The number of rotatable bonds is 6. The molecule has 0 heterocycles. The third-order valence-corrected chi connectivity index (χ3v) is 3.27. The summed E-state index contributed by atoms with van der Waals surface area (Å²) in [7, 11) is 1.71. The molecule has 0 fully saturated rings. The van der Waals surface area contributed by atoms with Crippen LogP contribution in [0.4, 0.5) is 0 Å². The first-order valence-corrected chi connectivity index (χ1v) is 6.49. The second-order valence-electron chi connectivity index (χ2n) is 3.83. The van der Waals surface area contributed by atoms with E-state index in [0.29, 0.717) is 0 Å². The normalized spacial score (nSPS) is 12.8. The maximum Gasteiger partial charge on any atom is 0.0462 e. The molecule has 4 heteroatoms. The Morgan fingerprint density at radius 3 is 2.88 bits per heavy atom. The van der Waals surface area contributed by atoms with E-state index in [2.05, 4.69) is 15.9 Å². The zero-order valence-corrected chi connectivity index (χ0v) is 11.7. The molecule has 0 amide bonds. The van der Waals surface area contributed by atoms with Crippen LogP contribution in [0.3, 0.4) is 0 Å². The molecule has 16 heavy (non-hydrogen) atoms. The van der Waals surface area contributed by atoms with Crippen molar-refractivity contribution in [3.05, 3.63) is 33.3 Å². The third-order valence-electron chi connectivity index (χ3n) is 2.42. The standard InChI is InChI=1S/C12H17BrClNO/c1-16-6-2-3-11(15)7-9-4-5-10(13)8-12(9)14/h4-5,8,11H,2-3,6-7,15H2,1H3. The SMILES string of the molecule is COCCCC(N)Cc1ccc(Br)cc1Cl. The second-order valence-corrected chi connectivity index (χ2v) is 5.16. The Morgan fingerprint density at radius 2 is 2.25 bits per heavy atom. The van der Waals surface area contributed by atoms with Gasteiger partial charge in [0.25, 0.3) is 0 Å². The Kier molecular flexibility index (Phi) is 6.36. The highest BCUT2D eigenvalue weighted by Crippen LogP contribution is 2.22. The van der Waals surface area contributed by atoms with E-state index in [1.54, 1.807) is 7.11 Å². The number of benzene rings is 1. The van der Waals surface area contributed by atoms with Gasteiger partial charge in [-0.15, -0.1) is 0 Å². The molecular formula is C12H17BrClNO. The summed E-state index contributed by atoms with van der Waals surface area (Å²) in [6.07, 6.45) is 2.77. The summed E-state index contributed by atoms with van der Waals surface area (Å²) < 4.78 is 5.99. The van der Waals surface area contributed by atoms with Crippen molar-refractivity contribution in [1.29, 1.82) is 0 Å². The van der Waals surface area contributed by atoms with Crippen molar-refractivity contribution in [1.82, 2.24) is 0 Å². The van der Waals surface area contributed by atoms with Crippen molar-refractivity contribution in [3.8, 4) is 0 Å². The number of hydrogen-bond acceptors (Lipinski definition) is 2. The fourth-order valence-electron chi connectivity index (χ4n) is 1.56. The zero-order chi connectivity index (χ0) is 12.0. The minimum Gasteiger partial charge on any atom is -0.385 e. The molecule has 0 aliphatic carbocycles. The summed E-state index contributed by atoms with van der Waals surface area (Å²) in [6.45, 7) is 0.766. The number of nitrogens with two attached hydrogens (primary N) is 1. The molecule has 1 rings (SSSR count). The molecule has 0 saturated carbocycles. The van der Waals surface area contributed by atoms with Crippen molar-refractivity contribution < 1.29 is 4.74 Å². The topological polar surface area (TPSA) is 35.2 Å². The van der Waals surface area contributed by atoms with Gasteiger partial charge in [-0.05, 0) is 37.0 Å². The lowest BCUT2D eigenvalue weighted by molar-refractivity contribution is 0.190. The molecule has 0 aromatic heterocycles. The minimum atomic E-state index is 0.147. The molecule has 0 aliphatic heterocycles. The van der Waals surface area contributed by atoms with Gasteiger partial charge in [0.05, 0.1) is 0 Å². The highest BCUT2D eigenvalue weighted by atomic mass is 79.9. The third kappa shape index (κ3) is 4.83. The molecule has 0 aliphatic rings. The largest absolute Gasteiger partial charge is 0.385 e.